The van der Waals surface area contributed by atoms with Crippen LogP contribution in [0.4, 0.5) is 4.79 Å². The molecule has 5 amide bonds. The molecular formula is C22H23ClN4O5. The number of hydrogen-bond acceptors (Lipinski definition) is 5. The summed E-state index contributed by atoms with van der Waals surface area (Å²) in [6.45, 7) is 2.66. The minimum absolute atomic E-state index is 0.317. The van der Waals surface area contributed by atoms with E-state index in [9.17, 15) is 19.2 Å². The highest BCUT2D eigenvalue weighted by molar-refractivity contribution is 6.30. The minimum Gasteiger partial charge on any atom is -0.483 e. The van der Waals surface area contributed by atoms with Gasteiger partial charge in [-0.2, -0.15) is 0 Å². The molecule has 0 aliphatic carbocycles. The Labute approximate surface area is 190 Å². The summed E-state index contributed by atoms with van der Waals surface area (Å²) in [4.78, 5) is 50.5. The quantitative estimate of drug-likeness (QED) is 0.433. The van der Waals surface area contributed by atoms with Gasteiger partial charge in [-0.1, -0.05) is 48.9 Å². The summed E-state index contributed by atoms with van der Waals surface area (Å²) in [5, 5.41) is 3.24. The van der Waals surface area contributed by atoms with Gasteiger partial charge >= 0.3 is 6.03 Å². The molecule has 10 heteroatoms. The zero-order chi connectivity index (χ0) is 23.3. The summed E-state index contributed by atoms with van der Waals surface area (Å²) in [6, 6.07) is 13.1. The molecule has 3 N–H and O–H groups in total. The van der Waals surface area contributed by atoms with Gasteiger partial charge in [-0.05, 0) is 42.7 Å². The molecule has 168 valence electrons. The maximum absolute atomic E-state index is 13.0. The Morgan fingerprint density at radius 1 is 1.09 bits per heavy atom. The summed E-state index contributed by atoms with van der Waals surface area (Å²) < 4.78 is 5.39. The number of aryl methyl sites for hydroxylation is 1. The molecule has 2 aromatic rings. The molecule has 0 radical (unpaired) electrons. The third-order valence-corrected chi connectivity index (χ3v) is 5.35. The number of carbonyl (C=O) groups is 4. The van der Waals surface area contributed by atoms with E-state index in [0.717, 1.165) is 10.5 Å². The van der Waals surface area contributed by atoms with Gasteiger partial charge in [-0.3, -0.25) is 30.1 Å². The number of nitrogens with zero attached hydrogens (tertiary/aromatic N) is 1. The Balaban J connectivity index is 1.54. The van der Waals surface area contributed by atoms with Crippen LogP contribution in [-0.2, 0) is 19.9 Å². The molecule has 0 unspecified atom stereocenters. The molecule has 1 aliphatic heterocycles. The van der Waals surface area contributed by atoms with E-state index in [0.29, 0.717) is 22.8 Å². The zero-order valence-electron chi connectivity index (χ0n) is 17.6. The maximum Gasteiger partial charge on any atom is 0.325 e. The second-order valence-corrected chi connectivity index (χ2v) is 7.68. The van der Waals surface area contributed by atoms with E-state index in [1.54, 1.807) is 62.4 Å². The molecule has 1 heterocycles. The van der Waals surface area contributed by atoms with Crippen LogP contribution >= 0.6 is 11.6 Å². The highest BCUT2D eigenvalue weighted by atomic mass is 35.5. The molecule has 0 bridgehead atoms. The molecule has 32 heavy (non-hydrogen) atoms. The number of carbonyl (C=O) groups excluding carboxylic acids is 4. The van der Waals surface area contributed by atoms with Gasteiger partial charge in [0.25, 0.3) is 17.7 Å². The predicted octanol–water partition coefficient (Wildman–Crippen LogP) is 2.03. The average molecular weight is 459 g/mol. The Bertz CT molecular complexity index is 1050. The number of hydrazine groups is 1. The minimum atomic E-state index is -1.23. The third kappa shape index (κ3) is 4.83. The Morgan fingerprint density at radius 2 is 1.78 bits per heavy atom. The van der Waals surface area contributed by atoms with Crippen LogP contribution in [0.25, 0.3) is 0 Å². The molecule has 9 nitrogen and oxygen atoms in total. The van der Waals surface area contributed by atoms with Gasteiger partial charge in [-0.15, -0.1) is 0 Å². The fourth-order valence-corrected chi connectivity index (χ4v) is 3.64. The summed E-state index contributed by atoms with van der Waals surface area (Å²) in [6.07, 6.45) is 0.317. The molecule has 1 saturated heterocycles. The number of rotatable bonds is 7. The second-order valence-electron chi connectivity index (χ2n) is 7.24. The Kier molecular flexibility index (Phi) is 6.99. The first-order valence-electron chi connectivity index (χ1n) is 9.93. The smallest absolute Gasteiger partial charge is 0.325 e. The van der Waals surface area contributed by atoms with Gasteiger partial charge in [0.2, 0.25) is 0 Å². The van der Waals surface area contributed by atoms with Crippen molar-refractivity contribution in [1.29, 1.82) is 0 Å². The van der Waals surface area contributed by atoms with E-state index in [1.807, 2.05) is 0 Å². The molecular weight excluding hydrogens is 436 g/mol. The monoisotopic (exact) mass is 458 g/mol. The van der Waals surface area contributed by atoms with Crippen molar-refractivity contribution in [3.63, 3.8) is 0 Å². The molecule has 0 aromatic heterocycles. The van der Waals surface area contributed by atoms with Gasteiger partial charge in [0.1, 0.15) is 17.8 Å². The van der Waals surface area contributed by atoms with Crippen molar-refractivity contribution in [1.82, 2.24) is 21.1 Å². The first kappa shape index (κ1) is 23.1. The predicted molar refractivity (Wildman–Crippen MR) is 117 cm³/mol. The molecule has 0 saturated carbocycles. The Hall–Kier alpha value is -3.59. The Morgan fingerprint density at radius 3 is 2.44 bits per heavy atom. The van der Waals surface area contributed by atoms with Crippen LogP contribution in [0.5, 0.6) is 5.75 Å². The molecule has 1 atom stereocenters. The number of hydrogen-bond donors (Lipinski definition) is 3. The largest absolute Gasteiger partial charge is 0.483 e. The molecule has 1 fully saturated rings. The molecule has 1 aliphatic rings. The van der Waals surface area contributed by atoms with E-state index in [4.69, 9.17) is 16.3 Å². The second kappa shape index (κ2) is 9.69. The van der Waals surface area contributed by atoms with Crippen molar-refractivity contribution in [2.75, 3.05) is 13.2 Å². The topological polar surface area (TPSA) is 117 Å². The van der Waals surface area contributed by atoms with Crippen LogP contribution in [0, 0.1) is 6.92 Å². The number of imide groups is 1. The lowest BCUT2D eigenvalue weighted by molar-refractivity contribution is -0.136. The fourth-order valence-electron chi connectivity index (χ4n) is 3.41. The molecule has 2 aromatic carbocycles. The van der Waals surface area contributed by atoms with Gasteiger partial charge in [0.15, 0.2) is 6.61 Å². The number of benzene rings is 2. The summed E-state index contributed by atoms with van der Waals surface area (Å²) >= 11 is 5.88. The van der Waals surface area contributed by atoms with Gasteiger partial charge in [0.05, 0.1) is 0 Å². The van der Waals surface area contributed by atoms with Crippen LogP contribution in [-0.4, -0.2) is 41.8 Å². The number of ether oxygens (including phenoxy) is 1. The standard InChI is InChI=1S/C22H23ClN4O5/c1-3-22(15-7-5-4-6-8-15)20(30)27(21(31)24-22)12-18(28)25-26-19(29)13-32-17-10-9-16(23)11-14(17)2/h4-11H,3,12-13H2,1-2H3,(H,24,31)(H,25,28)(H,26,29)/t22-/m0/s1. The van der Waals surface area contributed by atoms with E-state index < -0.39 is 35.8 Å². The SMILES string of the molecule is CC[C@@]1(c2ccccc2)NC(=O)N(CC(=O)NNC(=O)COc2ccc(Cl)cc2C)C1=O. The number of nitrogens with one attached hydrogen (secondary N) is 3. The van der Waals surface area contributed by atoms with Crippen molar-refractivity contribution in [2.24, 2.45) is 0 Å². The van der Waals surface area contributed by atoms with Crippen molar-refractivity contribution >= 4 is 35.4 Å². The first-order valence-corrected chi connectivity index (χ1v) is 10.3. The summed E-state index contributed by atoms with van der Waals surface area (Å²) in [5.74, 6) is -1.40. The summed E-state index contributed by atoms with van der Waals surface area (Å²) in [5.41, 5.74) is 4.53. The van der Waals surface area contributed by atoms with Crippen LogP contribution in [0.15, 0.2) is 48.5 Å². The van der Waals surface area contributed by atoms with E-state index >= 15 is 0 Å². The lowest BCUT2D eigenvalue weighted by Gasteiger charge is -2.25. The maximum atomic E-state index is 13.0. The fraction of sp³-hybridized carbons (Fsp3) is 0.273. The average Bonchev–Trinajstić information content (AvgIpc) is 3.02. The molecule has 3 rings (SSSR count). The van der Waals surface area contributed by atoms with Crippen LogP contribution in [0.2, 0.25) is 5.02 Å². The van der Waals surface area contributed by atoms with Crippen LogP contribution in [0.3, 0.4) is 0 Å². The van der Waals surface area contributed by atoms with Crippen LogP contribution in [0.1, 0.15) is 24.5 Å². The third-order valence-electron chi connectivity index (χ3n) is 5.11. The summed E-state index contributed by atoms with van der Waals surface area (Å²) in [7, 11) is 0. The number of amides is 5. The highest BCUT2D eigenvalue weighted by Gasteiger charge is 2.51. The van der Waals surface area contributed by atoms with Crippen molar-refractivity contribution in [2.45, 2.75) is 25.8 Å². The first-order chi connectivity index (χ1) is 15.3. The van der Waals surface area contributed by atoms with Gasteiger partial charge < -0.3 is 10.1 Å². The van der Waals surface area contributed by atoms with Crippen molar-refractivity contribution < 1.29 is 23.9 Å². The van der Waals surface area contributed by atoms with E-state index in [1.165, 1.54) is 0 Å². The lowest BCUT2D eigenvalue weighted by Crippen LogP contribution is -2.49. The molecule has 0 spiro atoms. The van der Waals surface area contributed by atoms with E-state index in [2.05, 4.69) is 16.2 Å². The van der Waals surface area contributed by atoms with Gasteiger partial charge in [0, 0.05) is 5.02 Å². The van der Waals surface area contributed by atoms with Crippen molar-refractivity contribution in [3.8, 4) is 5.75 Å². The van der Waals surface area contributed by atoms with Gasteiger partial charge in [-0.25, -0.2) is 4.79 Å². The van der Waals surface area contributed by atoms with Crippen molar-refractivity contribution in [3.05, 3.63) is 64.7 Å². The number of urea groups is 1. The normalized spacial score (nSPS) is 17.7. The number of halogens is 1. The van der Waals surface area contributed by atoms with Crippen LogP contribution < -0.4 is 20.9 Å². The van der Waals surface area contributed by atoms with E-state index in [-0.39, 0.29) is 6.61 Å². The lowest BCUT2D eigenvalue weighted by atomic mass is 9.87. The highest BCUT2D eigenvalue weighted by Crippen LogP contribution is 2.32. The zero-order valence-corrected chi connectivity index (χ0v) is 18.4.